The Hall–Kier alpha value is -0.160. The summed E-state index contributed by atoms with van der Waals surface area (Å²) in [7, 11) is 0. The Kier molecular flexibility index (Phi) is 6.84. The zero-order valence-electron chi connectivity index (χ0n) is 6.38. The first-order chi connectivity index (χ1) is 4.77. The van der Waals surface area contributed by atoms with Crippen LogP contribution in [0.25, 0.3) is 0 Å². The molecule has 0 amide bonds. The molecule has 0 aromatic carbocycles. The highest BCUT2D eigenvalue weighted by atomic mass is 16.7. The summed E-state index contributed by atoms with van der Waals surface area (Å²) in [5, 5.41) is 0. The second-order valence-corrected chi connectivity index (χ2v) is 1.97. The molecular formula is C6H16N2O2. The van der Waals surface area contributed by atoms with Gasteiger partial charge in [-0.2, -0.15) is 0 Å². The molecule has 0 saturated heterocycles. The molecule has 0 atom stereocenters. The molecule has 0 aliphatic carbocycles. The van der Waals surface area contributed by atoms with E-state index in [0.29, 0.717) is 26.4 Å². The zero-order valence-corrected chi connectivity index (χ0v) is 6.38. The van der Waals surface area contributed by atoms with Crippen molar-refractivity contribution in [3.8, 4) is 0 Å². The van der Waals surface area contributed by atoms with Gasteiger partial charge in [0, 0.05) is 6.61 Å². The van der Waals surface area contributed by atoms with E-state index >= 15 is 0 Å². The fraction of sp³-hybridized carbons (Fsp3) is 1.00. The number of nitrogens with two attached hydrogens (primary N) is 2. The van der Waals surface area contributed by atoms with E-state index in [1.165, 1.54) is 0 Å². The van der Waals surface area contributed by atoms with Crippen LogP contribution in [-0.4, -0.2) is 26.2 Å². The summed E-state index contributed by atoms with van der Waals surface area (Å²) >= 11 is 0. The van der Waals surface area contributed by atoms with Gasteiger partial charge >= 0.3 is 0 Å². The molecular weight excluding hydrogens is 132 g/mol. The normalized spacial score (nSPS) is 10.8. The molecule has 4 N–H and O–H groups in total. The van der Waals surface area contributed by atoms with Crippen LogP contribution in [0.4, 0.5) is 0 Å². The van der Waals surface area contributed by atoms with E-state index in [-0.39, 0.29) is 6.17 Å². The third-order valence-electron chi connectivity index (χ3n) is 0.966. The van der Waals surface area contributed by atoms with E-state index in [1.807, 2.05) is 6.92 Å². The first-order valence-electron chi connectivity index (χ1n) is 3.44. The van der Waals surface area contributed by atoms with Gasteiger partial charge in [-0.25, -0.2) is 0 Å². The molecule has 0 aromatic rings. The Morgan fingerprint density at radius 1 is 1.30 bits per heavy atom. The van der Waals surface area contributed by atoms with E-state index < -0.39 is 0 Å². The van der Waals surface area contributed by atoms with Gasteiger partial charge in [0.15, 0.2) is 0 Å². The van der Waals surface area contributed by atoms with Gasteiger partial charge in [-0.05, 0) is 13.3 Å². The quantitative estimate of drug-likeness (QED) is 0.398. The summed E-state index contributed by atoms with van der Waals surface area (Å²) in [6.45, 7) is 3.49. The summed E-state index contributed by atoms with van der Waals surface area (Å²) in [6.07, 6.45) is 0.397. The fourth-order valence-electron chi connectivity index (χ4n) is 0.421. The van der Waals surface area contributed by atoms with Gasteiger partial charge in [-0.1, -0.05) is 0 Å². The summed E-state index contributed by atoms with van der Waals surface area (Å²) < 4.78 is 9.91. The van der Waals surface area contributed by atoms with Crippen molar-refractivity contribution in [3.63, 3.8) is 0 Å². The van der Waals surface area contributed by atoms with Crippen LogP contribution >= 0.6 is 0 Å². The van der Waals surface area contributed by atoms with E-state index in [2.05, 4.69) is 0 Å². The molecule has 0 bridgehead atoms. The molecule has 0 unspecified atom stereocenters. The Morgan fingerprint density at radius 2 is 2.00 bits per heavy atom. The van der Waals surface area contributed by atoms with Crippen molar-refractivity contribution in [1.29, 1.82) is 0 Å². The van der Waals surface area contributed by atoms with Crippen LogP contribution in [0.5, 0.6) is 0 Å². The predicted molar refractivity (Wildman–Crippen MR) is 39.2 cm³/mol. The Morgan fingerprint density at radius 3 is 2.50 bits per heavy atom. The second kappa shape index (κ2) is 6.95. The SMILES string of the molecule is CCOCOCCC(N)N. The van der Waals surface area contributed by atoms with Gasteiger partial charge in [0.25, 0.3) is 0 Å². The zero-order chi connectivity index (χ0) is 7.82. The number of rotatable bonds is 6. The van der Waals surface area contributed by atoms with Gasteiger partial charge < -0.3 is 20.9 Å². The van der Waals surface area contributed by atoms with E-state index in [0.717, 1.165) is 0 Å². The minimum absolute atomic E-state index is 0.276. The molecule has 0 heterocycles. The number of hydrogen-bond acceptors (Lipinski definition) is 4. The van der Waals surface area contributed by atoms with Crippen molar-refractivity contribution in [2.24, 2.45) is 11.5 Å². The van der Waals surface area contributed by atoms with Crippen molar-refractivity contribution >= 4 is 0 Å². The molecule has 0 spiro atoms. The Bertz CT molecular complexity index is 68.8. The van der Waals surface area contributed by atoms with E-state index in [1.54, 1.807) is 0 Å². The smallest absolute Gasteiger partial charge is 0.146 e. The topological polar surface area (TPSA) is 70.5 Å². The maximum absolute atomic E-state index is 5.26. The van der Waals surface area contributed by atoms with Crippen LogP contribution in [0.3, 0.4) is 0 Å². The van der Waals surface area contributed by atoms with Gasteiger partial charge in [0.05, 0.1) is 12.8 Å². The van der Waals surface area contributed by atoms with E-state index in [4.69, 9.17) is 20.9 Å². The lowest BCUT2D eigenvalue weighted by Gasteiger charge is -2.05. The average Bonchev–Trinajstić information content (AvgIpc) is 1.87. The van der Waals surface area contributed by atoms with E-state index in [9.17, 15) is 0 Å². The van der Waals surface area contributed by atoms with Gasteiger partial charge in [0.1, 0.15) is 6.79 Å². The first-order valence-corrected chi connectivity index (χ1v) is 3.44. The molecule has 0 aliphatic heterocycles. The molecule has 0 saturated carbocycles. The van der Waals surface area contributed by atoms with Gasteiger partial charge in [0.2, 0.25) is 0 Å². The summed E-state index contributed by atoms with van der Waals surface area (Å²) in [5.41, 5.74) is 10.5. The van der Waals surface area contributed by atoms with Crippen LogP contribution in [0, 0.1) is 0 Å². The van der Waals surface area contributed by atoms with Crippen LogP contribution < -0.4 is 11.5 Å². The molecule has 4 nitrogen and oxygen atoms in total. The van der Waals surface area contributed by atoms with Gasteiger partial charge in [-0.15, -0.1) is 0 Å². The first kappa shape index (κ1) is 9.84. The molecule has 4 heteroatoms. The Labute approximate surface area is 61.5 Å². The third-order valence-corrected chi connectivity index (χ3v) is 0.966. The van der Waals surface area contributed by atoms with Crippen molar-refractivity contribution in [2.75, 3.05) is 20.0 Å². The van der Waals surface area contributed by atoms with Crippen LogP contribution in [0.1, 0.15) is 13.3 Å². The van der Waals surface area contributed by atoms with Crippen molar-refractivity contribution < 1.29 is 9.47 Å². The third kappa shape index (κ3) is 7.84. The van der Waals surface area contributed by atoms with Crippen molar-refractivity contribution in [1.82, 2.24) is 0 Å². The Balaban J connectivity index is 2.77. The predicted octanol–water partition coefficient (Wildman–Crippen LogP) is -0.369. The van der Waals surface area contributed by atoms with Crippen LogP contribution in [0.2, 0.25) is 0 Å². The highest BCUT2D eigenvalue weighted by Crippen LogP contribution is 1.83. The lowest BCUT2D eigenvalue weighted by Crippen LogP contribution is -2.31. The second-order valence-electron chi connectivity index (χ2n) is 1.97. The molecule has 0 fully saturated rings. The van der Waals surface area contributed by atoms with Crippen molar-refractivity contribution in [2.45, 2.75) is 19.5 Å². The lowest BCUT2D eigenvalue weighted by atomic mass is 10.4. The number of hydrogen-bond donors (Lipinski definition) is 2. The van der Waals surface area contributed by atoms with Crippen LogP contribution in [-0.2, 0) is 9.47 Å². The summed E-state index contributed by atoms with van der Waals surface area (Å²) in [5.74, 6) is 0. The molecule has 0 aromatic heterocycles. The highest BCUT2D eigenvalue weighted by molar-refractivity contribution is 4.47. The summed E-state index contributed by atoms with van der Waals surface area (Å²) in [6, 6.07) is 0. The largest absolute Gasteiger partial charge is 0.356 e. The van der Waals surface area contributed by atoms with Crippen LogP contribution in [0.15, 0.2) is 0 Å². The van der Waals surface area contributed by atoms with Crippen molar-refractivity contribution in [3.05, 3.63) is 0 Å². The minimum Gasteiger partial charge on any atom is -0.356 e. The minimum atomic E-state index is -0.276. The maximum Gasteiger partial charge on any atom is 0.146 e. The highest BCUT2D eigenvalue weighted by Gasteiger charge is 1.92. The average molecular weight is 148 g/mol. The molecule has 0 aliphatic rings. The summed E-state index contributed by atoms with van der Waals surface area (Å²) in [4.78, 5) is 0. The fourth-order valence-corrected chi connectivity index (χ4v) is 0.421. The standard InChI is InChI=1S/C6H16N2O2/c1-2-9-5-10-4-3-6(7)8/h6H,2-5,7-8H2,1H3. The monoisotopic (exact) mass is 148 g/mol. The molecule has 62 valence electrons. The number of ether oxygens (including phenoxy) is 2. The maximum atomic E-state index is 5.26. The lowest BCUT2D eigenvalue weighted by molar-refractivity contribution is -0.0507. The molecule has 10 heavy (non-hydrogen) atoms. The van der Waals surface area contributed by atoms with Gasteiger partial charge in [-0.3, -0.25) is 0 Å². The molecule has 0 radical (unpaired) electrons. The molecule has 0 rings (SSSR count).